The van der Waals surface area contributed by atoms with Crippen LogP contribution in [0.3, 0.4) is 0 Å². The van der Waals surface area contributed by atoms with Gasteiger partial charge in [-0.15, -0.1) is 0 Å². The first kappa shape index (κ1) is 13.2. The molecule has 2 rings (SSSR count). The number of aromatic carboxylic acids is 1. The SMILES string of the molecule is N#C[Se]c1ccccc1Oc1ccc(C(=O)O)cc1. The molecule has 4 nitrogen and oxygen atoms in total. The first-order valence-corrected chi connectivity index (χ1v) is 7.08. The number of nitrogens with zero attached hydrogens (tertiary/aromatic N) is 1. The zero-order valence-corrected chi connectivity index (χ0v) is 11.5. The Morgan fingerprint density at radius 1 is 1.16 bits per heavy atom. The normalized spacial score (nSPS) is 9.63. The van der Waals surface area contributed by atoms with E-state index in [1.807, 2.05) is 18.2 Å². The Labute approximate surface area is 116 Å². The van der Waals surface area contributed by atoms with Gasteiger partial charge in [-0.25, -0.2) is 0 Å². The Bertz CT molecular complexity index is 632. The van der Waals surface area contributed by atoms with Gasteiger partial charge in [-0.3, -0.25) is 0 Å². The summed E-state index contributed by atoms with van der Waals surface area (Å²) in [7, 11) is 0. The molecule has 0 unspecified atom stereocenters. The molecule has 0 saturated carbocycles. The standard InChI is InChI=1S/C14H9NO3Se/c15-9-19-13-4-2-1-3-12(13)18-11-7-5-10(6-8-11)14(16)17/h1-8H,(H,16,17). The number of ether oxygens (including phenoxy) is 1. The zero-order chi connectivity index (χ0) is 13.7. The van der Waals surface area contributed by atoms with Gasteiger partial charge in [0.15, 0.2) is 0 Å². The second-order valence-electron chi connectivity index (χ2n) is 3.57. The molecule has 0 saturated heterocycles. The van der Waals surface area contributed by atoms with Crippen LogP contribution in [-0.4, -0.2) is 26.0 Å². The van der Waals surface area contributed by atoms with Crippen molar-refractivity contribution in [2.75, 3.05) is 0 Å². The van der Waals surface area contributed by atoms with Crippen LogP contribution in [0.25, 0.3) is 0 Å². The van der Waals surface area contributed by atoms with Crippen LogP contribution in [0.4, 0.5) is 0 Å². The van der Waals surface area contributed by atoms with Gasteiger partial charge in [0.2, 0.25) is 0 Å². The number of nitriles is 1. The van der Waals surface area contributed by atoms with Crippen molar-refractivity contribution in [3.8, 4) is 16.5 Å². The molecule has 5 heteroatoms. The fourth-order valence-electron chi connectivity index (χ4n) is 1.46. The summed E-state index contributed by atoms with van der Waals surface area (Å²) in [5.41, 5.74) is 0.210. The Kier molecular flexibility index (Phi) is 4.19. The van der Waals surface area contributed by atoms with Crippen LogP contribution in [-0.2, 0) is 0 Å². The Hall–Kier alpha value is -2.28. The van der Waals surface area contributed by atoms with Crippen LogP contribution >= 0.6 is 0 Å². The summed E-state index contributed by atoms with van der Waals surface area (Å²) >= 11 is -0.294. The number of carboxylic acids is 1. The first-order chi connectivity index (χ1) is 9.20. The molecule has 0 aliphatic heterocycles. The van der Waals surface area contributed by atoms with Crippen LogP contribution in [0, 0.1) is 10.2 Å². The molecule has 0 atom stereocenters. The molecule has 0 fully saturated rings. The predicted octanol–water partition coefficient (Wildman–Crippen LogP) is 1.99. The molecule has 0 aromatic heterocycles. The summed E-state index contributed by atoms with van der Waals surface area (Å²) in [6, 6.07) is 13.5. The molecule has 1 N–H and O–H groups in total. The Balaban J connectivity index is 2.21. The van der Waals surface area contributed by atoms with Crippen molar-refractivity contribution in [2.24, 2.45) is 0 Å². The molecule has 0 aliphatic carbocycles. The van der Waals surface area contributed by atoms with E-state index in [1.165, 1.54) is 12.1 Å². The summed E-state index contributed by atoms with van der Waals surface area (Å²) in [5.74, 6) is 0.207. The van der Waals surface area contributed by atoms with Crippen LogP contribution < -0.4 is 9.20 Å². The molecular weight excluding hydrogens is 309 g/mol. The van der Waals surface area contributed by atoms with Crippen molar-refractivity contribution in [3.63, 3.8) is 0 Å². The van der Waals surface area contributed by atoms with Gasteiger partial charge in [-0.2, -0.15) is 0 Å². The topological polar surface area (TPSA) is 70.3 Å². The second kappa shape index (κ2) is 6.05. The molecule has 2 aromatic carbocycles. The number of carboxylic acid groups (broad SMARTS) is 1. The average molecular weight is 318 g/mol. The van der Waals surface area contributed by atoms with E-state index in [1.54, 1.807) is 18.2 Å². The van der Waals surface area contributed by atoms with Crippen LogP contribution in [0.2, 0.25) is 0 Å². The quantitative estimate of drug-likeness (QED) is 0.875. The van der Waals surface area contributed by atoms with Gasteiger partial charge in [0, 0.05) is 0 Å². The molecule has 0 aliphatic rings. The minimum absolute atomic E-state index is 0.210. The molecule has 0 amide bonds. The molecule has 0 bridgehead atoms. The van der Waals surface area contributed by atoms with E-state index in [2.05, 4.69) is 4.97 Å². The van der Waals surface area contributed by atoms with Crippen LogP contribution in [0.5, 0.6) is 11.5 Å². The van der Waals surface area contributed by atoms with E-state index in [9.17, 15) is 4.79 Å². The summed E-state index contributed by atoms with van der Waals surface area (Å²) in [5, 5.41) is 17.6. The summed E-state index contributed by atoms with van der Waals surface area (Å²) < 4.78 is 6.53. The van der Waals surface area contributed by atoms with E-state index in [-0.39, 0.29) is 20.5 Å². The van der Waals surface area contributed by atoms with Gasteiger partial charge >= 0.3 is 116 Å². The molecule has 0 radical (unpaired) electrons. The molecular formula is C14H9NO3Se. The third-order valence-corrected chi connectivity index (χ3v) is 3.69. The molecule has 19 heavy (non-hydrogen) atoms. The first-order valence-electron chi connectivity index (χ1n) is 5.37. The number of benzene rings is 2. The summed E-state index contributed by atoms with van der Waals surface area (Å²) in [6.45, 7) is 0. The molecule has 2 aromatic rings. The zero-order valence-electron chi connectivity index (χ0n) is 9.74. The monoisotopic (exact) mass is 319 g/mol. The van der Waals surface area contributed by atoms with Gasteiger partial charge < -0.3 is 0 Å². The Morgan fingerprint density at radius 3 is 2.47 bits per heavy atom. The fraction of sp³-hybridized carbons (Fsp3) is 0. The third kappa shape index (κ3) is 3.35. The number of hydrogen-bond acceptors (Lipinski definition) is 3. The predicted molar refractivity (Wildman–Crippen MR) is 70.9 cm³/mol. The van der Waals surface area contributed by atoms with Crippen molar-refractivity contribution < 1.29 is 14.6 Å². The van der Waals surface area contributed by atoms with Gasteiger partial charge in [0.1, 0.15) is 0 Å². The van der Waals surface area contributed by atoms with E-state index < -0.39 is 5.97 Å². The van der Waals surface area contributed by atoms with E-state index in [0.29, 0.717) is 11.5 Å². The van der Waals surface area contributed by atoms with Gasteiger partial charge in [-0.05, 0) is 0 Å². The maximum atomic E-state index is 10.7. The van der Waals surface area contributed by atoms with Crippen LogP contribution in [0.1, 0.15) is 10.4 Å². The molecule has 94 valence electrons. The van der Waals surface area contributed by atoms with Crippen molar-refractivity contribution in [3.05, 3.63) is 54.1 Å². The Morgan fingerprint density at radius 2 is 1.84 bits per heavy atom. The summed E-state index contributed by atoms with van der Waals surface area (Å²) in [4.78, 5) is 12.9. The number of para-hydroxylation sites is 1. The number of rotatable bonds is 4. The average Bonchev–Trinajstić information content (AvgIpc) is 2.42. The maximum absolute atomic E-state index is 10.7. The fourth-order valence-corrected chi connectivity index (χ4v) is 2.42. The van der Waals surface area contributed by atoms with Gasteiger partial charge in [0.05, 0.1) is 0 Å². The van der Waals surface area contributed by atoms with Crippen LogP contribution in [0.15, 0.2) is 48.5 Å². The third-order valence-electron chi connectivity index (χ3n) is 2.33. The molecule has 0 heterocycles. The minimum atomic E-state index is -0.972. The van der Waals surface area contributed by atoms with Crippen molar-refractivity contribution in [2.45, 2.75) is 0 Å². The van der Waals surface area contributed by atoms with E-state index in [4.69, 9.17) is 15.1 Å². The van der Waals surface area contributed by atoms with Crippen molar-refractivity contribution in [1.29, 1.82) is 5.26 Å². The number of carbonyl (C=O) groups is 1. The van der Waals surface area contributed by atoms with Crippen molar-refractivity contribution >= 4 is 25.4 Å². The number of hydrogen-bond donors (Lipinski definition) is 1. The van der Waals surface area contributed by atoms with Crippen molar-refractivity contribution in [1.82, 2.24) is 0 Å². The molecule has 0 spiro atoms. The van der Waals surface area contributed by atoms with E-state index in [0.717, 1.165) is 4.46 Å². The summed E-state index contributed by atoms with van der Waals surface area (Å²) in [6.07, 6.45) is 0. The van der Waals surface area contributed by atoms with E-state index >= 15 is 0 Å². The van der Waals surface area contributed by atoms with Gasteiger partial charge in [-0.1, -0.05) is 0 Å². The second-order valence-corrected chi connectivity index (χ2v) is 5.31. The van der Waals surface area contributed by atoms with Gasteiger partial charge in [0.25, 0.3) is 0 Å².